The van der Waals surface area contributed by atoms with Gasteiger partial charge in [0.05, 0.1) is 12.7 Å². The molecule has 2 N–H and O–H groups in total. The monoisotopic (exact) mass is 407 g/mol. The number of pyridine rings is 1. The van der Waals surface area contributed by atoms with Gasteiger partial charge in [-0.25, -0.2) is 8.42 Å². The van der Waals surface area contributed by atoms with E-state index in [-0.39, 0.29) is 10.6 Å². The molecule has 1 aromatic carbocycles. The fourth-order valence-corrected chi connectivity index (χ4v) is 4.93. The van der Waals surface area contributed by atoms with E-state index in [0.717, 1.165) is 19.3 Å². The number of benzene rings is 1. The number of aromatic nitrogens is 1. The maximum Gasteiger partial charge on any atom is 0.258 e. The number of methoxy groups -OCH3 is 1. The molecule has 1 amide bonds. The molecule has 0 saturated carbocycles. The van der Waals surface area contributed by atoms with Gasteiger partial charge in [-0.2, -0.15) is 4.31 Å². The zero-order valence-electron chi connectivity index (χ0n) is 14.9. The minimum Gasteiger partial charge on any atom is -0.495 e. The summed E-state index contributed by atoms with van der Waals surface area (Å²) in [6.07, 6.45) is 4.33. The molecule has 27 heavy (non-hydrogen) atoms. The van der Waals surface area contributed by atoms with E-state index in [0.29, 0.717) is 29.0 Å². The van der Waals surface area contributed by atoms with E-state index in [9.17, 15) is 13.2 Å². The summed E-state index contributed by atoms with van der Waals surface area (Å²) in [6.45, 7) is 0.975. The van der Waals surface area contributed by atoms with Crippen molar-refractivity contribution in [3.63, 3.8) is 0 Å². The van der Waals surface area contributed by atoms with Crippen LogP contribution in [0.15, 0.2) is 41.4 Å². The van der Waals surface area contributed by atoms with E-state index in [1.54, 1.807) is 24.4 Å². The van der Waals surface area contributed by atoms with Gasteiger partial charge < -0.3 is 15.0 Å². The lowest BCUT2D eigenvalue weighted by atomic mass is 10.2. The number of hydrogen-bond donors (Lipinski definition) is 2. The zero-order valence-corrected chi connectivity index (χ0v) is 16.5. The summed E-state index contributed by atoms with van der Waals surface area (Å²) in [5.41, 5.74) is 0.665. The van der Waals surface area contributed by atoms with Crippen molar-refractivity contribution >= 4 is 33.8 Å². The molecule has 7 nitrogen and oxygen atoms in total. The van der Waals surface area contributed by atoms with Crippen LogP contribution in [0, 0.1) is 4.64 Å². The number of nitrogens with zero attached hydrogens (tertiary/aromatic N) is 1. The number of nitrogens with one attached hydrogen (secondary N) is 2. The van der Waals surface area contributed by atoms with E-state index in [1.807, 2.05) is 0 Å². The molecule has 0 bridgehead atoms. The number of anilines is 1. The smallest absolute Gasteiger partial charge is 0.258 e. The molecular formula is C18H21N3O4S2. The zero-order chi connectivity index (χ0) is 19.4. The number of carbonyl (C=O) groups is 1. The van der Waals surface area contributed by atoms with Crippen LogP contribution in [0.3, 0.4) is 0 Å². The van der Waals surface area contributed by atoms with Crippen LogP contribution in [0.4, 0.5) is 5.69 Å². The van der Waals surface area contributed by atoms with Crippen molar-refractivity contribution in [2.24, 2.45) is 0 Å². The van der Waals surface area contributed by atoms with Crippen molar-refractivity contribution in [2.75, 3.05) is 25.5 Å². The van der Waals surface area contributed by atoms with Gasteiger partial charge >= 0.3 is 0 Å². The summed E-state index contributed by atoms with van der Waals surface area (Å²) in [6, 6.07) is 7.84. The lowest BCUT2D eigenvalue weighted by molar-refractivity contribution is 0.102. The van der Waals surface area contributed by atoms with Gasteiger partial charge in [0.2, 0.25) is 10.0 Å². The number of ether oxygens (including phenoxy) is 1. The Morgan fingerprint density at radius 2 is 1.96 bits per heavy atom. The first-order valence-corrected chi connectivity index (χ1v) is 10.5. The van der Waals surface area contributed by atoms with Crippen molar-refractivity contribution in [3.05, 3.63) is 46.7 Å². The Morgan fingerprint density at radius 3 is 2.63 bits per heavy atom. The first kappa shape index (κ1) is 19.5. The Morgan fingerprint density at radius 1 is 1.22 bits per heavy atom. The van der Waals surface area contributed by atoms with Gasteiger partial charge in [0.15, 0.2) is 0 Å². The Balaban J connectivity index is 1.93. The SMILES string of the molecule is COc1ccc(NC(=O)c2ccc[nH]c2=S)cc1S(=O)(=O)N1CCCCC1. The number of aromatic amines is 1. The van der Waals surface area contributed by atoms with Crippen LogP contribution in [0.25, 0.3) is 0 Å². The molecule has 0 aliphatic carbocycles. The molecule has 0 radical (unpaired) electrons. The first-order valence-electron chi connectivity index (χ1n) is 8.61. The second kappa shape index (κ2) is 8.20. The van der Waals surface area contributed by atoms with Gasteiger partial charge in [0, 0.05) is 25.0 Å². The highest BCUT2D eigenvalue weighted by Crippen LogP contribution is 2.31. The fraction of sp³-hybridized carbons (Fsp3) is 0.333. The van der Waals surface area contributed by atoms with Gasteiger partial charge in [-0.15, -0.1) is 0 Å². The second-order valence-electron chi connectivity index (χ2n) is 6.20. The predicted molar refractivity (Wildman–Crippen MR) is 105 cm³/mol. The van der Waals surface area contributed by atoms with Gasteiger partial charge in [-0.05, 0) is 43.2 Å². The van der Waals surface area contributed by atoms with Gasteiger partial charge in [-0.3, -0.25) is 4.79 Å². The normalized spacial score (nSPS) is 15.3. The predicted octanol–water partition coefficient (Wildman–Crippen LogP) is 3.18. The van der Waals surface area contributed by atoms with Crippen molar-refractivity contribution in [3.8, 4) is 5.75 Å². The maximum atomic E-state index is 13.0. The summed E-state index contributed by atoms with van der Waals surface area (Å²) >= 11 is 5.12. The topological polar surface area (TPSA) is 91.5 Å². The van der Waals surface area contributed by atoms with Crippen LogP contribution in [0.5, 0.6) is 5.75 Å². The van der Waals surface area contributed by atoms with E-state index in [2.05, 4.69) is 10.3 Å². The Kier molecular flexibility index (Phi) is 5.93. The van der Waals surface area contributed by atoms with Gasteiger partial charge in [0.1, 0.15) is 15.3 Å². The molecule has 1 fully saturated rings. The van der Waals surface area contributed by atoms with E-state index in [1.165, 1.54) is 23.5 Å². The second-order valence-corrected chi connectivity index (χ2v) is 8.51. The lowest BCUT2D eigenvalue weighted by Gasteiger charge is -2.26. The number of amides is 1. The van der Waals surface area contributed by atoms with Crippen molar-refractivity contribution in [1.82, 2.24) is 9.29 Å². The number of hydrogen-bond acceptors (Lipinski definition) is 5. The van der Waals surface area contributed by atoms with Crippen molar-refractivity contribution < 1.29 is 17.9 Å². The molecule has 0 spiro atoms. The Labute approximate surface area is 163 Å². The number of piperidine rings is 1. The minimum atomic E-state index is -3.71. The Hall–Kier alpha value is -2.23. The molecule has 2 heterocycles. The van der Waals surface area contributed by atoms with Crippen LogP contribution in [0.1, 0.15) is 29.6 Å². The third kappa shape index (κ3) is 4.20. The van der Waals surface area contributed by atoms with Crippen LogP contribution < -0.4 is 10.1 Å². The standard InChI is InChI=1S/C18H21N3O4S2/c1-25-15-8-7-13(20-17(22)14-6-5-9-19-18(14)26)12-16(15)27(23,24)21-10-3-2-4-11-21/h5-9,12H,2-4,10-11H2,1H3,(H,19,26)(H,20,22). The number of sulfonamides is 1. The van der Waals surface area contributed by atoms with Crippen LogP contribution in [-0.2, 0) is 10.0 Å². The lowest BCUT2D eigenvalue weighted by Crippen LogP contribution is -2.35. The number of rotatable bonds is 5. The molecule has 1 saturated heterocycles. The molecule has 1 aromatic heterocycles. The number of H-pyrrole nitrogens is 1. The van der Waals surface area contributed by atoms with Gasteiger partial charge in [0.25, 0.3) is 5.91 Å². The molecule has 2 aromatic rings. The van der Waals surface area contributed by atoms with Gasteiger partial charge in [-0.1, -0.05) is 18.6 Å². The molecule has 0 unspecified atom stereocenters. The molecular weight excluding hydrogens is 386 g/mol. The largest absolute Gasteiger partial charge is 0.495 e. The Bertz CT molecular complexity index is 996. The summed E-state index contributed by atoms with van der Waals surface area (Å²) < 4.78 is 33.1. The number of carbonyl (C=O) groups excluding carboxylic acids is 1. The third-order valence-electron chi connectivity index (χ3n) is 4.42. The maximum absolute atomic E-state index is 13.0. The van der Waals surface area contributed by atoms with E-state index in [4.69, 9.17) is 17.0 Å². The first-order chi connectivity index (χ1) is 12.9. The highest BCUT2D eigenvalue weighted by Gasteiger charge is 2.29. The molecule has 0 atom stereocenters. The van der Waals surface area contributed by atoms with Crippen molar-refractivity contribution in [1.29, 1.82) is 0 Å². The van der Waals surface area contributed by atoms with E-state index < -0.39 is 15.9 Å². The average Bonchev–Trinajstić information content (AvgIpc) is 2.69. The quantitative estimate of drug-likeness (QED) is 0.743. The third-order valence-corrected chi connectivity index (χ3v) is 6.67. The highest BCUT2D eigenvalue weighted by atomic mass is 32.2. The van der Waals surface area contributed by atoms with E-state index >= 15 is 0 Å². The molecule has 1 aliphatic rings. The molecule has 1 aliphatic heterocycles. The van der Waals surface area contributed by atoms with Crippen LogP contribution >= 0.6 is 12.2 Å². The summed E-state index contributed by atoms with van der Waals surface area (Å²) in [5.74, 6) is -0.168. The van der Waals surface area contributed by atoms with Crippen LogP contribution in [0.2, 0.25) is 0 Å². The summed E-state index contributed by atoms with van der Waals surface area (Å²) in [7, 11) is -2.28. The van der Waals surface area contributed by atoms with Crippen LogP contribution in [-0.4, -0.2) is 43.8 Å². The van der Waals surface area contributed by atoms with Crippen molar-refractivity contribution in [2.45, 2.75) is 24.2 Å². The highest BCUT2D eigenvalue weighted by molar-refractivity contribution is 7.89. The molecule has 144 valence electrons. The summed E-state index contributed by atoms with van der Waals surface area (Å²) in [5, 5.41) is 2.70. The minimum absolute atomic E-state index is 0.0444. The molecule has 9 heteroatoms. The summed E-state index contributed by atoms with van der Waals surface area (Å²) in [4.78, 5) is 15.3. The average molecular weight is 408 g/mol. The molecule has 3 rings (SSSR count). The fourth-order valence-electron chi connectivity index (χ4n) is 3.00.